The summed E-state index contributed by atoms with van der Waals surface area (Å²) in [6.45, 7) is 10.1. The molecule has 110 valence electrons. The maximum atomic E-state index is 12.3. The van der Waals surface area contributed by atoms with Gasteiger partial charge in [0.2, 0.25) is 5.91 Å². The van der Waals surface area contributed by atoms with E-state index in [1.54, 1.807) is 0 Å². The molecule has 0 fully saturated rings. The third-order valence-electron chi connectivity index (χ3n) is 4.12. The molecule has 1 amide bonds. The van der Waals surface area contributed by atoms with Gasteiger partial charge in [0.25, 0.3) is 0 Å². The maximum absolute atomic E-state index is 12.3. The molecule has 1 atom stereocenters. The monoisotopic (exact) mass is 276 g/mol. The Morgan fingerprint density at radius 3 is 2.45 bits per heavy atom. The highest BCUT2D eigenvalue weighted by molar-refractivity contribution is 5.99. The second kappa shape index (κ2) is 4.76. The summed E-state index contributed by atoms with van der Waals surface area (Å²) in [6.07, 6.45) is 1.37. The van der Waals surface area contributed by atoms with Crippen molar-refractivity contribution in [2.45, 2.75) is 53.5 Å². The van der Waals surface area contributed by atoms with E-state index in [4.69, 9.17) is 5.73 Å². The van der Waals surface area contributed by atoms with Crippen molar-refractivity contribution < 1.29 is 9.59 Å². The molecule has 0 bridgehead atoms. The highest BCUT2D eigenvalue weighted by Crippen LogP contribution is 2.38. The number of hydrogen-bond donors (Lipinski definition) is 1. The van der Waals surface area contributed by atoms with Crippen LogP contribution in [0.25, 0.3) is 0 Å². The molecule has 1 aromatic heterocycles. The Morgan fingerprint density at radius 2 is 1.95 bits per heavy atom. The number of hydrogen-bond acceptors (Lipinski definition) is 2. The van der Waals surface area contributed by atoms with Gasteiger partial charge < -0.3 is 10.3 Å². The fraction of sp³-hybridized carbons (Fsp3) is 0.625. The number of fused-ring (bicyclic) bond motifs is 1. The number of Topliss-reactive ketones (excluding diaryl/α,β-unsaturated/α-hetero) is 1. The second-order valence-electron chi connectivity index (χ2n) is 7.05. The minimum absolute atomic E-state index is 0.0637. The number of aryl methyl sites for hydroxylation is 1. The Kier molecular flexibility index (Phi) is 3.53. The third kappa shape index (κ3) is 2.39. The van der Waals surface area contributed by atoms with Crippen LogP contribution in [0.3, 0.4) is 0 Å². The lowest BCUT2D eigenvalue weighted by Gasteiger charge is -2.32. The number of nitrogens with two attached hydrogens (primary N) is 1. The summed E-state index contributed by atoms with van der Waals surface area (Å²) in [6, 6.07) is 1.52. The summed E-state index contributed by atoms with van der Waals surface area (Å²) in [7, 11) is 0. The number of nitrogens with zero attached hydrogens (tertiary/aromatic N) is 1. The van der Waals surface area contributed by atoms with Gasteiger partial charge in [-0.3, -0.25) is 9.59 Å². The van der Waals surface area contributed by atoms with Gasteiger partial charge in [0.05, 0.1) is 0 Å². The second-order valence-corrected chi connectivity index (χ2v) is 7.05. The minimum atomic E-state index is -0.388. The van der Waals surface area contributed by atoms with Gasteiger partial charge in [-0.05, 0) is 30.7 Å². The van der Waals surface area contributed by atoms with Crippen LogP contribution >= 0.6 is 0 Å². The number of carbonyl (C=O) groups excluding carboxylic acids is 2. The van der Waals surface area contributed by atoms with Crippen LogP contribution in [0.1, 0.15) is 61.9 Å². The van der Waals surface area contributed by atoms with Gasteiger partial charge >= 0.3 is 0 Å². The fourth-order valence-electron chi connectivity index (χ4n) is 3.31. The molecule has 0 saturated carbocycles. The average Bonchev–Trinajstić information content (AvgIpc) is 2.55. The largest absolute Gasteiger partial charge is 0.368 e. The van der Waals surface area contributed by atoms with Crippen LogP contribution in [-0.2, 0) is 11.2 Å². The first-order valence-electron chi connectivity index (χ1n) is 7.17. The molecule has 1 heterocycles. The molecule has 0 aromatic carbocycles. The first-order chi connectivity index (χ1) is 9.14. The Labute approximate surface area is 120 Å². The highest BCUT2D eigenvalue weighted by Gasteiger charge is 2.36. The molecule has 2 N–H and O–H groups in total. The number of ketones is 1. The number of amides is 1. The Bertz CT molecular complexity index is 567. The van der Waals surface area contributed by atoms with Gasteiger partial charge in [-0.1, -0.05) is 27.7 Å². The molecule has 1 aliphatic carbocycles. The van der Waals surface area contributed by atoms with Crippen molar-refractivity contribution in [2.24, 2.45) is 17.1 Å². The van der Waals surface area contributed by atoms with Crippen molar-refractivity contribution in [1.82, 2.24) is 4.57 Å². The Morgan fingerprint density at radius 1 is 1.35 bits per heavy atom. The van der Waals surface area contributed by atoms with E-state index in [0.29, 0.717) is 6.42 Å². The lowest BCUT2D eigenvalue weighted by Crippen LogP contribution is -2.35. The van der Waals surface area contributed by atoms with Gasteiger partial charge in [-0.15, -0.1) is 0 Å². The maximum Gasteiger partial charge on any atom is 0.240 e. The van der Waals surface area contributed by atoms with Crippen LogP contribution in [0.2, 0.25) is 0 Å². The molecule has 0 saturated heterocycles. The standard InChI is InChI=1S/C16H24N2O2/c1-9(2)14(15(17)20)18-10(3)6-11-12(18)7-16(4,5)8-13(11)19/h6,9,14H,7-8H2,1-5H3,(H2,17,20). The summed E-state index contributed by atoms with van der Waals surface area (Å²) in [5, 5.41) is 0. The van der Waals surface area contributed by atoms with E-state index in [9.17, 15) is 9.59 Å². The van der Waals surface area contributed by atoms with Crippen LogP contribution < -0.4 is 5.73 Å². The normalized spacial score (nSPS) is 19.0. The van der Waals surface area contributed by atoms with Crippen molar-refractivity contribution >= 4 is 11.7 Å². The van der Waals surface area contributed by atoms with E-state index >= 15 is 0 Å². The molecule has 2 rings (SSSR count). The Hall–Kier alpha value is -1.58. The smallest absolute Gasteiger partial charge is 0.240 e. The molecule has 4 heteroatoms. The predicted octanol–water partition coefficient (Wildman–Crippen LogP) is 2.63. The zero-order valence-electron chi connectivity index (χ0n) is 13.0. The van der Waals surface area contributed by atoms with E-state index in [0.717, 1.165) is 23.4 Å². The van der Waals surface area contributed by atoms with Gasteiger partial charge in [0.15, 0.2) is 5.78 Å². The van der Waals surface area contributed by atoms with Crippen LogP contribution in [-0.4, -0.2) is 16.3 Å². The van der Waals surface area contributed by atoms with E-state index in [1.807, 2.05) is 31.4 Å². The molecule has 4 nitrogen and oxygen atoms in total. The van der Waals surface area contributed by atoms with Crippen molar-refractivity contribution in [3.8, 4) is 0 Å². The van der Waals surface area contributed by atoms with Gasteiger partial charge in [0, 0.05) is 23.4 Å². The Balaban J connectivity index is 2.62. The van der Waals surface area contributed by atoms with Gasteiger partial charge in [-0.25, -0.2) is 0 Å². The first kappa shape index (κ1) is 14.8. The summed E-state index contributed by atoms with van der Waals surface area (Å²) >= 11 is 0. The van der Waals surface area contributed by atoms with Gasteiger partial charge in [0.1, 0.15) is 6.04 Å². The lowest BCUT2D eigenvalue weighted by atomic mass is 9.76. The van der Waals surface area contributed by atoms with Crippen LogP contribution in [0.15, 0.2) is 6.07 Å². The fourth-order valence-corrected chi connectivity index (χ4v) is 3.31. The van der Waals surface area contributed by atoms with Crippen LogP contribution in [0, 0.1) is 18.3 Å². The number of carbonyl (C=O) groups is 2. The summed E-state index contributed by atoms with van der Waals surface area (Å²) in [4.78, 5) is 24.1. The average molecular weight is 276 g/mol. The van der Waals surface area contributed by atoms with Crippen molar-refractivity contribution in [2.75, 3.05) is 0 Å². The molecular formula is C16H24N2O2. The van der Waals surface area contributed by atoms with Crippen molar-refractivity contribution in [3.05, 3.63) is 23.0 Å². The van der Waals surface area contributed by atoms with E-state index < -0.39 is 0 Å². The molecule has 1 aromatic rings. The van der Waals surface area contributed by atoms with E-state index in [-0.39, 0.29) is 29.1 Å². The number of aromatic nitrogens is 1. The minimum Gasteiger partial charge on any atom is -0.368 e. The zero-order valence-corrected chi connectivity index (χ0v) is 13.0. The molecule has 0 aliphatic heterocycles. The predicted molar refractivity (Wildman–Crippen MR) is 78.7 cm³/mol. The number of primary amides is 1. The van der Waals surface area contributed by atoms with E-state index in [2.05, 4.69) is 13.8 Å². The SMILES string of the molecule is Cc1cc2c(n1C(C(N)=O)C(C)C)CC(C)(C)CC2=O. The molecule has 1 unspecified atom stereocenters. The summed E-state index contributed by atoms with van der Waals surface area (Å²) in [5.74, 6) is -0.0646. The topological polar surface area (TPSA) is 65.1 Å². The number of rotatable bonds is 3. The molecule has 0 radical (unpaired) electrons. The molecule has 0 spiro atoms. The van der Waals surface area contributed by atoms with Crippen LogP contribution in [0.4, 0.5) is 0 Å². The molecular weight excluding hydrogens is 252 g/mol. The molecule has 1 aliphatic rings. The highest BCUT2D eigenvalue weighted by atomic mass is 16.1. The zero-order chi connectivity index (χ0) is 15.2. The van der Waals surface area contributed by atoms with Crippen LogP contribution in [0.5, 0.6) is 0 Å². The van der Waals surface area contributed by atoms with E-state index in [1.165, 1.54) is 0 Å². The molecule has 20 heavy (non-hydrogen) atoms. The third-order valence-corrected chi connectivity index (χ3v) is 4.12. The summed E-state index contributed by atoms with van der Waals surface area (Å²) in [5.41, 5.74) is 8.21. The van der Waals surface area contributed by atoms with Crippen molar-refractivity contribution in [3.63, 3.8) is 0 Å². The summed E-state index contributed by atoms with van der Waals surface area (Å²) < 4.78 is 1.99. The lowest BCUT2D eigenvalue weighted by molar-refractivity contribution is -0.122. The van der Waals surface area contributed by atoms with Crippen molar-refractivity contribution in [1.29, 1.82) is 0 Å². The van der Waals surface area contributed by atoms with Gasteiger partial charge in [-0.2, -0.15) is 0 Å². The first-order valence-corrected chi connectivity index (χ1v) is 7.17. The quantitative estimate of drug-likeness (QED) is 0.922.